The number of aliphatic hydroxyl groups excluding tert-OH is 11. The molecular weight excluding hydrogens is 1240 g/mol. The van der Waals surface area contributed by atoms with Crippen LogP contribution in [0.1, 0.15) is 219 Å². The fourth-order valence-corrected chi connectivity index (χ4v) is 11.5. The summed E-state index contributed by atoms with van der Waals surface area (Å²) >= 11 is 0. The highest BCUT2D eigenvalue weighted by molar-refractivity contribution is 5.76. The highest BCUT2D eigenvalue weighted by atomic mass is 16.8. The Morgan fingerprint density at radius 2 is 0.722 bits per heavy atom. The van der Waals surface area contributed by atoms with Crippen LogP contribution in [0.3, 0.4) is 0 Å². The van der Waals surface area contributed by atoms with E-state index < -0.39 is 124 Å². The average Bonchev–Trinajstić information content (AvgIpc) is 0.845. The molecule has 0 aromatic rings. The van der Waals surface area contributed by atoms with Crippen molar-refractivity contribution in [1.82, 2.24) is 5.32 Å². The summed E-state index contributed by atoms with van der Waals surface area (Å²) in [6, 6.07) is -1.01. The van der Waals surface area contributed by atoms with Crippen LogP contribution < -0.4 is 5.32 Å². The first-order chi connectivity index (χ1) is 47.3. The number of aliphatic hydroxyl groups is 11. The molecule has 0 aromatic carbocycles. The van der Waals surface area contributed by atoms with E-state index in [4.69, 9.17) is 28.4 Å². The van der Waals surface area contributed by atoms with Crippen LogP contribution in [0.5, 0.6) is 0 Å². The number of carbonyl (C=O) groups excluding carboxylic acids is 1. The molecular formula is C78H129NO18. The van der Waals surface area contributed by atoms with Crippen molar-refractivity contribution >= 4 is 5.91 Å². The molecule has 19 nitrogen and oxygen atoms in total. The normalized spacial score (nSPS) is 27.7. The molecule has 12 N–H and O–H groups in total. The number of rotatable bonds is 55. The van der Waals surface area contributed by atoms with Gasteiger partial charge in [0.1, 0.15) is 73.2 Å². The second kappa shape index (κ2) is 57.5. The van der Waals surface area contributed by atoms with Gasteiger partial charge in [-0.1, -0.05) is 244 Å². The predicted octanol–water partition coefficient (Wildman–Crippen LogP) is 10.9. The van der Waals surface area contributed by atoms with E-state index in [2.05, 4.69) is 141 Å². The molecule has 3 aliphatic heterocycles. The van der Waals surface area contributed by atoms with Gasteiger partial charge in [0.05, 0.1) is 38.6 Å². The minimum absolute atomic E-state index is 0.204. The number of amides is 1. The Balaban J connectivity index is 1.42. The van der Waals surface area contributed by atoms with Crippen LogP contribution in [0.25, 0.3) is 0 Å². The second-order valence-electron chi connectivity index (χ2n) is 25.7. The lowest BCUT2D eigenvalue weighted by Gasteiger charge is -2.48. The summed E-state index contributed by atoms with van der Waals surface area (Å²) in [6.07, 6.45) is 54.2. The first kappa shape index (κ1) is 87.1. The van der Waals surface area contributed by atoms with Gasteiger partial charge in [-0.3, -0.25) is 4.79 Å². The summed E-state index contributed by atoms with van der Waals surface area (Å²) in [5, 5.41) is 121. The summed E-state index contributed by atoms with van der Waals surface area (Å²) < 4.78 is 34.3. The Morgan fingerprint density at radius 1 is 0.381 bits per heavy atom. The highest BCUT2D eigenvalue weighted by Crippen LogP contribution is 2.33. The average molecular weight is 1370 g/mol. The molecule has 3 saturated heterocycles. The molecule has 3 heterocycles. The third-order valence-corrected chi connectivity index (χ3v) is 17.4. The van der Waals surface area contributed by atoms with E-state index in [0.29, 0.717) is 12.8 Å². The molecule has 3 rings (SSSR count). The number of hydrogen-bond acceptors (Lipinski definition) is 18. The van der Waals surface area contributed by atoms with Crippen molar-refractivity contribution in [2.75, 3.05) is 26.4 Å². The van der Waals surface area contributed by atoms with Crippen molar-refractivity contribution in [3.05, 3.63) is 134 Å². The number of hydrogen-bond donors (Lipinski definition) is 12. The third kappa shape index (κ3) is 38.5. The van der Waals surface area contributed by atoms with E-state index in [9.17, 15) is 61.0 Å². The fraction of sp³-hybridized carbons (Fsp3) is 0.705. The Bertz CT molecular complexity index is 2280. The van der Waals surface area contributed by atoms with Gasteiger partial charge < -0.3 is 89.9 Å². The van der Waals surface area contributed by atoms with Crippen molar-refractivity contribution in [2.45, 2.75) is 324 Å². The Labute approximate surface area is 581 Å². The van der Waals surface area contributed by atoms with Gasteiger partial charge in [0, 0.05) is 6.42 Å². The number of unbranched alkanes of at least 4 members (excludes halogenated alkanes) is 19. The third-order valence-electron chi connectivity index (χ3n) is 17.4. The molecule has 0 spiro atoms. The summed E-state index contributed by atoms with van der Waals surface area (Å²) in [4.78, 5) is 13.4. The van der Waals surface area contributed by atoms with Gasteiger partial charge in [-0.05, 0) is 103 Å². The van der Waals surface area contributed by atoms with E-state index in [-0.39, 0.29) is 18.9 Å². The van der Waals surface area contributed by atoms with Gasteiger partial charge in [-0.2, -0.15) is 0 Å². The smallest absolute Gasteiger partial charge is 0.220 e. The molecule has 554 valence electrons. The topological polar surface area (TPSA) is 307 Å². The van der Waals surface area contributed by atoms with E-state index in [1.165, 1.54) is 77.0 Å². The number of allylic oxidation sites excluding steroid dienone is 21. The van der Waals surface area contributed by atoms with Gasteiger partial charge in [-0.25, -0.2) is 0 Å². The highest BCUT2D eigenvalue weighted by Gasteiger charge is 2.53. The lowest BCUT2D eigenvalue weighted by molar-refractivity contribution is -0.379. The van der Waals surface area contributed by atoms with Crippen LogP contribution in [-0.4, -0.2) is 193 Å². The zero-order chi connectivity index (χ0) is 70.4. The van der Waals surface area contributed by atoms with E-state index in [0.717, 1.165) is 109 Å². The molecule has 0 saturated carbocycles. The zero-order valence-corrected chi connectivity index (χ0v) is 58.7. The van der Waals surface area contributed by atoms with Crippen LogP contribution in [0, 0.1) is 0 Å². The molecule has 0 aliphatic carbocycles. The molecule has 17 unspecified atom stereocenters. The van der Waals surface area contributed by atoms with Crippen LogP contribution in [-0.2, 0) is 33.2 Å². The first-order valence-corrected chi connectivity index (χ1v) is 36.9. The van der Waals surface area contributed by atoms with Gasteiger partial charge >= 0.3 is 0 Å². The van der Waals surface area contributed by atoms with E-state index in [1.54, 1.807) is 6.08 Å². The van der Waals surface area contributed by atoms with Gasteiger partial charge in [0.15, 0.2) is 18.9 Å². The monoisotopic (exact) mass is 1370 g/mol. The summed E-state index contributed by atoms with van der Waals surface area (Å²) in [7, 11) is 0. The zero-order valence-electron chi connectivity index (χ0n) is 58.7. The van der Waals surface area contributed by atoms with Crippen LogP contribution in [0.2, 0.25) is 0 Å². The maximum Gasteiger partial charge on any atom is 0.220 e. The molecule has 3 fully saturated rings. The molecule has 97 heavy (non-hydrogen) atoms. The Hall–Kier alpha value is -4.07. The molecule has 0 bridgehead atoms. The molecule has 0 aromatic heterocycles. The summed E-state index contributed by atoms with van der Waals surface area (Å²) in [6.45, 7) is 1.57. The SMILES string of the molecule is CC/C=C\C/C=C\C/C=C\C/C=C\C/C=C\C/C=C\C/C=C\C/C=C\C/C=C\CCCCCCCC(=O)NC(COC1OC(CO)C(OC2OC(CO)C(OC3OC(CO)C(O)C(O)C3O)C(O)C2O)C(O)C1O)C(O)/C=C/CC/C=C/CCCCCCCCCCCCCCC. The minimum atomic E-state index is -1.99. The van der Waals surface area contributed by atoms with Crippen molar-refractivity contribution in [3.63, 3.8) is 0 Å². The van der Waals surface area contributed by atoms with Crippen LogP contribution in [0.15, 0.2) is 134 Å². The van der Waals surface area contributed by atoms with Gasteiger partial charge in [0.2, 0.25) is 5.91 Å². The number of carbonyl (C=O) groups is 1. The lowest BCUT2D eigenvalue weighted by Crippen LogP contribution is -2.66. The number of ether oxygens (including phenoxy) is 6. The van der Waals surface area contributed by atoms with E-state index >= 15 is 0 Å². The Morgan fingerprint density at radius 3 is 1.15 bits per heavy atom. The summed E-state index contributed by atoms with van der Waals surface area (Å²) in [5.41, 5.74) is 0. The van der Waals surface area contributed by atoms with Crippen molar-refractivity contribution in [2.24, 2.45) is 0 Å². The standard InChI is InChI=1S/C78H129NO18/c1-3-5-7-9-11-13-15-17-19-21-23-24-25-26-27-28-29-30-31-32-33-34-35-36-38-40-42-44-46-48-50-52-54-56-66(84)79-61(62(83)55-53-51-49-47-45-43-41-39-37-22-20-18-16-14-12-10-8-6-4-2)60-92-76-72(90)69(87)74(64(58-81)94-76)97-78-73(91)70(88)75(65(59-82)95-78)96-77-71(89)68(86)67(85)63(57-80)93-77/h5,7,11,13,17,19,23-24,26-27,29-30,32-33,35-36,40,42,45,47,53,55,61-65,67-78,80-83,85-91H,3-4,6,8-10,12,14-16,18,20-22,25,28,31,34,37-39,41,43-44,46,48-52,54,56-60H2,1-2H3,(H,79,84)/b7-5-,13-11-,19-17-,24-23-,27-26-,30-29-,33-32-,36-35-,42-40-,47-45+,55-53+. The fourth-order valence-electron chi connectivity index (χ4n) is 11.5. The minimum Gasteiger partial charge on any atom is -0.394 e. The van der Waals surface area contributed by atoms with Gasteiger partial charge in [-0.15, -0.1) is 0 Å². The molecule has 1 amide bonds. The lowest BCUT2D eigenvalue weighted by atomic mass is 9.96. The van der Waals surface area contributed by atoms with E-state index in [1.807, 2.05) is 6.08 Å². The predicted molar refractivity (Wildman–Crippen MR) is 383 cm³/mol. The molecule has 0 radical (unpaired) electrons. The van der Waals surface area contributed by atoms with Crippen LogP contribution >= 0.6 is 0 Å². The van der Waals surface area contributed by atoms with Crippen molar-refractivity contribution in [3.8, 4) is 0 Å². The quantitative estimate of drug-likeness (QED) is 0.0199. The summed E-state index contributed by atoms with van der Waals surface area (Å²) in [5.74, 6) is -0.310. The Kier molecular flexibility index (Phi) is 51.7. The second-order valence-corrected chi connectivity index (χ2v) is 25.7. The van der Waals surface area contributed by atoms with Gasteiger partial charge in [0.25, 0.3) is 0 Å². The first-order valence-electron chi connectivity index (χ1n) is 36.9. The largest absolute Gasteiger partial charge is 0.394 e. The van der Waals surface area contributed by atoms with Crippen molar-refractivity contribution < 1.29 is 89.4 Å². The molecule has 17 atom stereocenters. The van der Waals surface area contributed by atoms with Crippen LogP contribution in [0.4, 0.5) is 0 Å². The molecule has 19 heteroatoms. The maximum atomic E-state index is 13.4. The van der Waals surface area contributed by atoms with Crippen molar-refractivity contribution in [1.29, 1.82) is 0 Å². The maximum absolute atomic E-state index is 13.4. The molecule has 3 aliphatic rings. The number of nitrogens with one attached hydrogen (secondary N) is 1.